The van der Waals surface area contributed by atoms with Gasteiger partial charge in [0, 0.05) is 12.1 Å². The van der Waals surface area contributed by atoms with E-state index in [-0.39, 0.29) is 24.1 Å². The first-order valence-electron chi connectivity index (χ1n) is 9.54. The molecular formula is C24H23FN2O2. The number of rotatable bonds is 8. The van der Waals surface area contributed by atoms with Crippen molar-refractivity contribution in [1.29, 1.82) is 0 Å². The van der Waals surface area contributed by atoms with E-state index in [9.17, 15) is 14.0 Å². The van der Waals surface area contributed by atoms with Crippen LogP contribution in [-0.4, -0.2) is 18.4 Å². The molecule has 0 spiro atoms. The van der Waals surface area contributed by atoms with Crippen molar-refractivity contribution < 1.29 is 14.0 Å². The van der Waals surface area contributed by atoms with Crippen LogP contribution in [0.3, 0.4) is 0 Å². The molecule has 4 nitrogen and oxygen atoms in total. The van der Waals surface area contributed by atoms with E-state index in [1.54, 1.807) is 30.3 Å². The Kier molecular flexibility index (Phi) is 7.11. The molecule has 3 aromatic carbocycles. The Morgan fingerprint density at radius 1 is 0.862 bits per heavy atom. The Bertz CT molecular complexity index is 945. The number of carbonyl (C=O) groups is 2. The molecule has 0 saturated carbocycles. The Morgan fingerprint density at radius 3 is 2.24 bits per heavy atom. The standard InChI is InChI=1S/C24H23FN2O2/c25-21-13-7-8-18(16-21)14-15-26-23(28)17-22(19-9-3-1-4-10-19)27-24(29)20-11-5-2-6-12-20/h1-13,16,22H,14-15,17H2,(H,26,28)(H,27,29). The van der Waals surface area contributed by atoms with Gasteiger partial charge in [0.25, 0.3) is 5.91 Å². The smallest absolute Gasteiger partial charge is 0.251 e. The second kappa shape index (κ2) is 10.2. The summed E-state index contributed by atoms with van der Waals surface area (Å²) in [6, 6.07) is 24.2. The summed E-state index contributed by atoms with van der Waals surface area (Å²) < 4.78 is 13.2. The summed E-state index contributed by atoms with van der Waals surface area (Å²) in [6.07, 6.45) is 0.654. The molecule has 0 saturated heterocycles. The van der Waals surface area contributed by atoms with E-state index in [4.69, 9.17) is 0 Å². The minimum absolute atomic E-state index is 0.117. The van der Waals surface area contributed by atoms with Gasteiger partial charge in [-0.05, 0) is 41.8 Å². The van der Waals surface area contributed by atoms with Crippen LogP contribution in [0.5, 0.6) is 0 Å². The Labute approximate surface area is 169 Å². The molecule has 0 fully saturated rings. The zero-order valence-corrected chi connectivity index (χ0v) is 16.0. The molecule has 0 bridgehead atoms. The van der Waals surface area contributed by atoms with Gasteiger partial charge in [-0.3, -0.25) is 9.59 Å². The summed E-state index contributed by atoms with van der Waals surface area (Å²) in [6.45, 7) is 0.399. The molecule has 0 radical (unpaired) electrons. The number of benzene rings is 3. The third-order valence-corrected chi connectivity index (χ3v) is 4.56. The number of amides is 2. The van der Waals surface area contributed by atoms with Crippen LogP contribution >= 0.6 is 0 Å². The highest BCUT2D eigenvalue weighted by Gasteiger charge is 2.19. The maximum absolute atomic E-state index is 13.2. The van der Waals surface area contributed by atoms with Crippen LogP contribution in [0.1, 0.15) is 33.9 Å². The molecule has 0 aliphatic heterocycles. The SMILES string of the molecule is O=C(CC(NC(=O)c1ccccc1)c1ccccc1)NCCc1cccc(F)c1. The van der Waals surface area contributed by atoms with E-state index in [0.29, 0.717) is 18.5 Å². The third-order valence-electron chi connectivity index (χ3n) is 4.56. The monoisotopic (exact) mass is 390 g/mol. The highest BCUT2D eigenvalue weighted by molar-refractivity contribution is 5.94. The predicted molar refractivity (Wildman–Crippen MR) is 111 cm³/mol. The zero-order chi connectivity index (χ0) is 20.5. The predicted octanol–water partition coefficient (Wildman–Crippen LogP) is 4.05. The van der Waals surface area contributed by atoms with Crippen LogP contribution in [0.25, 0.3) is 0 Å². The lowest BCUT2D eigenvalue weighted by Gasteiger charge is -2.19. The van der Waals surface area contributed by atoms with Crippen molar-refractivity contribution in [2.75, 3.05) is 6.54 Å². The van der Waals surface area contributed by atoms with Gasteiger partial charge >= 0.3 is 0 Å². The molecular weight excluding hydrogens is 367 g/mol. The van der Waals surface area contributed by atoms with Crippen LogP contribution < -0.4 is 10.6 Å². The highest BCUT2D eigenvalue weighted by atomic mass is 19.1. The van der Waals surface area contributed by atoms with Crippen molar-refractivity contribution in [1.82, 2.24) is 10.6 Å². The van der Waals surface area contributed by atoms with Crippen molar-refractivity contribution in [2.24, 2.45) is 0 Å². The lowest BCUT2D eigenvalue weighted by molar-refractivity contribution is -0.121. The summed E-state index contributed by atoms with van der Waals surface area (Å²) in [7, 11) is 0. The first-order valence-corrected chi connectivity index (χ1v) is 9.54. The topological polar surface area (TPSA) is 58.2 Å². The van der Waals surface area contributed by atoms with Crippen LogP contribution in [-0.2, 0) is 11.2 Å². The molecule has 2 N–H and O–H groups in total. The maximum atomic E-state index is 13.2. The Balaban J connectivity index is 1.60. The maximum Gasteiger partial charge on any atom is 0.251 e. The average molecular weight is 390 g/mol. The van der Waals surface area contributed by atoms with Gasteiger partial charge in [0.1, 0.15) is 5.82 Å². The van der Waals surface area contributed by atoms with Crippen LogP contribution in [0, 0.1) is 5.82 Å². The summed E-state index contributed by atoms with van der Waals surface area (Å²) in [5.41, 5.74) is 2.22. The minimum atomic E-state index is -0.446. The third kappa shape index (κ3) is 6.28. The summed E-state index contributed by atoms with van der Waals surface area (Å²) in [5.74, 6) is -0.697. The van der Waals surface area contributed by atoms with E-state index in [0.717, 1.165) is 11.1 Å². The molecule has 1 atom stereocenters. The van der Waals surface area contributed by atoms with Gasteiger partial charge in [-0.2, -0.15) is 0 Å². The second-order valence-electron chi connectivity index (χ2n) is 6.74. The van der Waals surface area contributed by atoms with E-state index in [1.807, 2.05) is 42.5 Å². The lowest BCUT2D eigenvalue weighted by atomic mass is 10.0. The molecule has 0 aliphatic carbocycles. The highest BCUT2D eigenvalue weighted by Crippen LogP contribution is 2.17. The molecule has 5 heteroatoms. The van der Waals surface area contributed by atoms with Crippen molar-refractivity contribution in [3.8, 4) is 0 Å². The quantitative estimate of drug-likeness (QED) is 0.610. The van der Waals surface area contributed by atoms with E-state index >= 15 is 0 Å². The van der Waals surface area contributed by atoms with Crippen LogP contribution in [0.15, 0.2) is 84.9 Å². The number of hydrogen-bond donors (Lipinski definition) is 2. The fourth-order valence-electron chi connectivity index (χ4n) is 3.06. The van der Waals surface area contributed by atoms with Gasteiger partial charge in [-0.1, -0.05) is 60.7 Å². The number of halogens is 1. The summed E-state index contributed by atoms with van der Waals surface area (Å²) in [4.78, 5) is 25.0. The van der Waals surface area contributed by atoms with Gasteiger partial charge in [0.05, 0.1) is 12.5 Å². The summed E-state index contributed by atoms with van der Waals surface area (Å²) in [5, 5.41) is 5.80. The molecule has 2 amide bonds. The van der Waals surface area contributed by atoms with Crippen LogP contribution in [0.4, 0.5) is 4.39 Å². The van der Waals surface area contributed by atoms with E-state index in [1.165, 1.54) is 12.1 Å². The van der Waals surface area contributed by atoms with Crippen molar-refractivity contribution >= 4 is 11.8 Å². The largest absolute Gasteiger partial charge is 0.356 e. The average Bonchev–Trinajstić information content (AvgIpc) is 2.74. The number of nitrogens with one attached hydrogen (secondary N) is 2. The first-order chi connectivity index (χ1) is 14.1. The number of carbonyl (C=O) groups excluding carboxylic acids is 2. The molecule has 1 unspecified atom stereocenters. The molecule has 0 aromatic heterocycles. The summed E-state index contributed by atoms with van der Waals surface area (Å²) >= 11 is 0. The van der Waals surface area contributed by atoms with Gasteiger partial charge in [0.15, 0.2) is 0 Å². The van der Waals surface area contributed by atoms with Crippen molar-refractivity contribution in [3.05, 3.63) is 107 Å². The van der Waals surface area contributed by atoms with E-state index < -0.39 is 6.04 Å². The molecule has 3 rings (SSSR count). The van der Waals surface area contributed by atoms with Gasteiger partial charge in [-0.15, -0.1) is 0 Å². The Morgan fingerprint density at radius 2 is 1.55 bits per heavy atom. The van der Waals surface area contributed by atoms with Crippen molar-refractivity contribution in [3.63, 3.8) is 0 Å². The molecule has 29 heavy (non-hydrogen) atoms. The zero-order valence-electron chi connectivity index (χ0n) is 16.0. The fraction of sp³-hybridized carbons (Fsp3) is 0.167. The van der Waals surface area contributed by atoms with Gasteiger partial charge in [-0.25, -0.2) is 4.39 Å². The van der Waals surface area contributed by atoms with Crippen LogP contribution in [0.2, 0.25) is 0 Å². The normalized spacial score (nSPS) is 11.5. The number of hydrogen-bond acceptors (Lipinski definition) is 2. The second-order valence-corrected chi connectivity index (χ2v) is 6.74. The Hall–Kier alpha value is -3.47. The lowest BCUT2D eigenvalue weighted by Crippen LogP contribution is -2.34. The molecule has 3 aromatic rings. The molecule has 0 aliphatic rings. The van der Waals surface area contributed by atoms with E-state index in [2.05, 4.69) is 10.6 Å². The first kappa shape index (κ1) is 20.3. The fourth-order valence-corrected chi connectivity index (χ4v) is 3.06. The van der Waals surface area contributed by atoms with Gasteiger partial charge in [0.2, 0.25) is 5.91 Å². The minimum Gasteiger partial charge on any atom is -0.356 e. The van der Waals surface area contributed by atoms with Crippen molar-refractivity contribution in [2.45, 2.75) is 18.9 Å². The molecule has 148 valence electrons. The molecule has 0 heterocycles. The van der Waals surface area contributed by atoms with Gasteiger partial charge < -0.3 is 10.6 Å².